The van der Waals surface area contributed by atoms with E-state index in [1.54, 1.807) is 12.1 Å². The topological polar surface area (TPSA) is 32.3 Å². The van der Waals surface area contributed by atoms with Crippen molar-refractivity contribution in [2.24, 2.45) is 5.92 Å². The smallest absolute Gasteiger partial charge is 0.253 e. The monoisotopic (exact) mass is 304 g/mol. The maximum atomic E-state index is 13.0. The first-order chi connectivity index (χ1) is 10.7. The molecule has 0 bridgehead atoms. The van der Waals surface area contributed by atoms with Gasteiger partial charge in [-0.2, -0.15) is 0 Å². The molecule has 1 saturated carbocycles. The van der Waals surface area contributed by atoms with Crippen molar-refractivity contribution in [2.45, 2.75) is 44.6 Å². The molecular formula is C18H25FN2O. The number of rotatable bonds is 4. The van der Waals surface area contributed by atoms with Gasteiger partial charge in [-0.15, -0.1) is 0 Å². The Balaban J connectivity index is 1.53. The number of benzene rings is 1. The van der Waals surface area contributed by atoms with Crippen LogP contribution in [-0.4, -0.2) is 36.5 Å². The van der Waals surface area contributed by atoms with Crippen molar-refractivity contribution in [1.82, 2.24) is 10.2 Å². The minimum absolute atomic E-state index is 0.0207. The summed E-state index contributed by atoms with van der Waals surface area (Å²) in [6.45, 7) is 2.66. The standard InChI is InChI=1S/C18H25FN2O/c19-16-9-7-15(8-10-16)18(22)21-11-3-6-17(13-21)20-12-14-4-1-2-5-14/h7-10,14,17,20H,1-6,11-13H2. The number of nitrogens with one attached hydrogen (secondary N) is 1. The van der Waals surface area contributed by atoms with E-state index in [0.717, 1.165) is 38.4 Å². The second kappa shape index (κ2) is 7.23. The first kappa shape index (κ1) is 15.5. The number of carbonyl (C=O) groups is 1. The summed E-state index contributed by atoms with van der Waals surface area (Å²) in [5.74, 6) is 0.543. The molecule has 1 heterocycles. The fourth-order valence-electron chi connectivity index (χ4n) is 3.65. The van der Waals surface area contributed by atoms with E-state index in [-0.39, 0.29) is 11.7 Å². The Bertz CT molecular complexity index is 496. The average Bonchev–Trinajstić information content (AvgIpc) is 3.07. The Kier molecular flexibility index (Phi) is 5.08. The van der Waals surface area contributed by atoms with E-state index in [1.165, 1.54) is 37.8 Å². The Morgan fingerprint density at radius 1 is 1.14 bits per heavy atom. The van der Waals surface area contributed by atoms with Gasteiger partial charge in [0, 0.05) is 24.7 Å². The van der Waals surface area contributed by atoms with E-state index >= 15 is 0 Å². The number of carbonyl (C=O) groups excluding carboxylic acids is 1. The van der Waals surface area contributed by atoms with Gasteiger partial charge in [-0.05, 0) is 62.4 Å². The molecule has 3 nitrogen and oxygen atoms in total. The van der Waals surface area contributed by atoms with Crippen LogP contribution >= 0.6 is 0 Å². The van der Waals surface area contributed by atoms with Crippen LogP contribution in [0.25, 0.3) is 0 Å². The van der Waals surface area contributed by atoms with Crippen LogP contribution in [0, 0.1) is 11.7 Å². The SMILES string of the molecule is O=C(c1ccc(F)cc1)N1CCCC(NCC2CCCC2)C1. The maximum Gasteiger partial charge on any atom is 0.253 e. The highest BCUT2D eigenvalue weighted by atomic mass is 19.1. The van der Waals surface area contributed by atoms with E-state index in [9.17, 15) is 9.18 Å². The number of nitrogens with zero attached hydrogens (tertiary/aromatic N) is 1. The van der Waals surface area contributed by atoms with Gasteiger partial charge >= 0.3 is 0 Å². The highest BCUT2D eigenvalue weighted by molar-refractivity contribution is 5.94. The van der Waals surface area contributed by atoms with Crippen LogP contribution in [0.1, 0.15) is 48.9 Å². The third kappa shape index (κ3) is 3.86. The largest absolute Gasteiger partial charge is 0.337 e. The lowest BCUT2D eigenvalue weighted by Gasteiger charge is -2.34. The van der Waals surface area contributed by atoms with E-state index in [0.29, 0.717) is 11.6 Å². The molecule has 0 spiro atoms. The number of hydrogen-bond acceptors (Lipinski definition) is 2. The number of piperidine rings is 1. The van der Waals surface area contributed by atoms with E-state index < -0.39 is 0 Å². The summed E-state index contributed by atoms with van der Waals surface area (Å²) < 4.78 is 13.0. The predicted molar refractivity (Wildman–Crippen MR) is 85.3 cm³/mol. The lowest BCUT2D eigenvalue weighted by atomic mass is 10.0. The van der Waals surface area contributed by atoms with Crippen LogP contribution in [0.4, 0.5) is 4.39 Å². The summed E-state index contributed by atoms with van der Waals surface area (Å²) in [4.78, 5) is 14.4. The third-order valence-electron chi connectivity index (χ3n) is 4.97. The maximum absolute atomic E-state index is 13.0. The summed E-state index contributed by atoms with van der Waals surface area (Å²) in [6.07, 6.45) is 7.60. The molecule has 2 fully saturated rings. The quantitative estimate of drug-likeness (QED) is 0.926. The molecule has 1 aromatic rings. The highest BCUT2D eigenvalue weighted by Gasteiger charge is 2.25. The molecule has 1 N–H and O–H groups in total. The lowest BCUT2D eigenvalue weighted by Crippen LogP contribution is -2.48. The van der Waals surface area contributed by atoms with Gasteiger partial charge in [-0.3, -0.25) is 4.79 Å². The zero-order valence-electron chi connectivity index (χ0n) is 13.1. The van der Waals surface area contributed by atoms with Gasteiger partial charge in [0.05, 0.1) is 0 Å². The molecule has 120 valence electrons. The van der Waals surface area contributed by atoms with Crippen LogP contribution in [-0.2, 0) is 0 Å². The molecule has 0 radical (unpaired) electrons. The molecule has 3 rings (SSSR count). The molecule has 1 amide bonds. The normalized spacial score (nSPS) is 23.0. The number of hydrogen-bond donors (Lipinski definition) is 1. The molecule has 2 aliphatic rings. The van der Waals surface area contributed by atoms with Crippen molar-refractivity contribution in [3.8, 4) is 0 Å². The van der Waals surface area contributed by atoms with Gasteiger partial charge in [0.25, 0.3) is 5.91 Å². The summed E-state index contributed by atoms with van der Waals surface area (Å²) in [6, 6.07) is 6.26. The molecule has 0 aromatic heterocycles. The minimum Gasteiger partial charge on any atom is -0.337 e. The molecule has 4 heteroatoms. The molecule has 1 aromatic carbocycles. The Morgan fingerprint density at radius 2 is 1.86 bits per heavy atom. The molecule has 1 saturated heterocycles. The zero-order chi connectivity index (χ0) is 15.4. The van der Waals surface area contributed by atoms with Crippen molar-refractivity contribution in [2.75, 3.05) is 19.6 Å². The summed E-state index contributed by atoms with van der Waals surface area (Å²) >= 11 is 0. The number of amides is 1. The molecule has 1 aliphatic heterocycles. The fraction of sp³-hybridized carbons (Fsp3) is 0.611. The average molecular weight is 304 g/mol. The molecule has 1 aliphatic carbocycles. The molecule has 1 unspecified atom stereocenters. The van der Waals surface area contributed by atoms with E-state index in [4.69, 9.17) is 0 Å². The van der Waals surface area contributed by atoms with Gasteiger partial charge in [0.2, 0.25) is 0 Å². The van der Waals surface area contributed by atoms with Gasteiger partial charge in [0.15, 0.2) is 0 Å². The van der Waals surface area contributed by atoms with E-state index in [1.807, 2.05) is 4.90 Å². The summed E-state index contributed by atoms with van der Waals surface area (Å²) in [7, 11) is 0. The third-order valence-corrected chi connectivity index (χ3v) is 4.97. The zero-order valence-corrected chi connectivity index (χ0v) is 13.1. The molecule has 1 atom stereocenters. The van der Waals surface area contributed by atoms with Crippen molar-refractivity contribution < 1.29 is 9.18 Å². The van der Waals surface area contributed by atoms with Crippen LogP contribution in [0.15, 0.2) is 24.3 Å². The van der Waals surface area contributed by atoms with Crippen LogP contribution < -0.4 is 5.32 Å². The predicted octanol–water partition coefficient (Wildman–Crippen LogP) is 3.21. The Hall–Kier alpha value is -1.42. The first-order valence-electron chi connectivity index (χ1n) is 8.50. The van der Waals surface area contributed by atoms with Crippen molar-refractivity contribution in [3.63, 3.8) is 0 Å². The molecular weight excluding hydrogens is 279 g/mol. The number of likely N-dealkylation sites (tertiary alicyclic amines) is 1. The van der Waals surface area contributed by atoms with Crippen LogP contribution in [0.3, 0.4) is 0 Å². The van der Waals surface area contributed by atoms with Gasteiger partial charge < -0.3 is 10.2 Å². The second-order valence-corrected chi connectivity index (χ2v) is 6.66. The fourth-order valence-corrected chi connectivity index (χ4v) is 3.65. The van der Waals surface area contributed by atoms with Crippen LogP contribution in [0.2, 0.25) is 0 Å². The highest BCUT2D eigenvalue weighted by Crippen LogP contribution is 2.24. The Labute approximate surface area is 131 Å². The van der Waals surface area contributed by atoms with Gasteiger partial charge in [0.1, 0.15) is 5.82 Å². The minimum atomic E-state index is -0.300. The van der Waals surface area contributed by atoms with Crippen LogP contribution in [0.5, 0.6) is 0 Å². The molecule has 22 heavy (non-hydrogen) atoms. The summed E-state index contributed by atoms with van der Waals surface area (Å²) in [5, 5.41) is 3.66. The second-order valence-electron chi connectivity index (χ2n) is 6.66. The van der Waals surface area contributed by atoms with Gasteiger partial charge in [-0.1, -0.05) is 12.8 Å². The van der Waals surface area contributed by atoms with Crippen molar-refractivity contribution in [1.29, 1.82) is 0 Å². The lowest BCUT2D eigenvalue weighted by molar-refractivity contribution is 0.0693. The Morgan fingerprint density at radius 3 is 2.59 bits per heavy atom. The summed E-state index contributed by atoms with van der Waals surface area (Å²) in [5.41, 5.74) is 0.581. The first-order valence-corrected chi connectivity index (χ1v) is 8.50. The van der Waals surface area contributed by atoms with E-state index in [2.05, 4.69) is 5.32 Å². The van der Waals surface area contributed by atoms with Crippen molar-refractivity contribution >= 4 is 5.91 Å². The van der Waals surface area contributed by atoms with Crippen molar-refractivity contribution in [3.05, 3.63) is 35.6 Å². The number of halogens is 1. The van der Waals surface area contributed by atoms with Gasteiger partial charge in [-0.25, -0.2) is 4.39 Å².